The molecule has 0 aliphatic heterocycles. The zero-order valence-corrected chi connectivity index (χ0v) is 11.6. The zero-order chi connectivity index (χ0) is 14.7. The van der Waals surface area contributed by atoms with Crippen LogP contribution in [-0.2, 0) is 0 Å². The lowest BCUT2D eigenvalue weighted by molar-refractivity contribution is 0.0932. The zero-order valence-electron chi connectivity index (χ0n) is 11.6. The molecule has 2 rings (SSSR count). The van der Waals surface area contributed by atoms with Gasteiger partial charge in [0, 0.05) is 5.69 Å². The lowest BCUT2D eigenvalue weighted by Gasteiger charge is -2.14. The van der Waals surface area contributed by atoms with Gasteiger partial charge in [0.1, 0.15) is 23.1 Å². The summed E-state index contributed by atoms with van der Waals surface area (Å²) in [5.41, 5.74) is 6.51. The number of hydrogen-bond donors (Lipinski definition) is 2. The van der Waals surface area contributed by atoms with Gasteiger partial charge in [0.2, 0.25) is 5.89 Å². The number of benzene rings is 1. The number of anilines is 1. The molecular formula is C14H17N3O3. The maximum Gasteiger partial charge on any atom is 0.257 e. The van der Waals surface area contributed by atoms with Crippen LogP contribution in [0.25, 0.3) is 0 Å². The van der Waals surface area contributed by atoms with E-state index in [9.17, 15) is 4.79 Å². The Bertz CT molecular complexity index is 622. The molecule has 3 N–H and O–H groups in total. The minimum atomic E-state index is -0.361. The molecule has 6 nitrogen and oxygen atoms in total. The van der Waals surface area contributed by atoms with Crippen LogP contribution in [0.15, 0.2) is 28.8 Å². The fraction of sp³-hybridized carbons (Fsp3) is 0.286. The number of hydrogen-bond acceptors (Lipinski definition) is 5. The van der Waals surface area contributed by atoms with Gasteiger partial charge < -0.3 is 20.2 Å². The summed E-state index contributed by atoms with van der Waals surface area (Å²) in [6, 6.07) is 4.70. The highest BCUT2D eigenvalue weighted by atomic mass is 16.5. The first kappa shape index (κ1) is 13.9. The van der Waals surface area contributed by atoms with Crippen LogP contribution >= 0.6 is 0 Å². The van der Waals surface area contributed by atoms with E-state index in [2.05, 4.69) is 10.3 Å². The average molecular weight is 275 g/mol. The summed E-state index contributed by atoms with van der Waals surface area (Å²) in [6.07, 6.45) is 1.61. The minimum Gasteiger partial charge on any atom is -0.496 e. The van der Waals surface area contributed by atoms with E-state index < -0.39 is 0 Å². The summed E-state index contributed by atoms with van der Waals surface area (Å²) in [5.74, 6) is 1.24. The second-order valence-corrected chi connectivity index (χ2v) is 4.43. The van der Waals surface area contributed by atoms with E-state index in [1.807, 2.05) is 0 Å². The number of ether oxygens (including phenoxy) is 1. The SMILES string of the molecule is COc1cccc(N)c1C(=O)NC(C)c1ncc(C)o1. The summed E-state index contributed by atoms with van der Waals surface area (Å²) < 4.78 is 10.5. The molecule has 0 aliphatic rings. The van der Waals surface area contributed by atoms with E-state index in [1.54, 1.807) is 38.2 Å². The molecule has 1 atom stereocenters. The number of nitrogens with one attached hydrogen (secondary N) is 1. The van der Waals surface area contributed by atoms with Crippen molar-refractivity contribution in [3.63, 3.8) is 0 Å². The van der Waals surface area contributed by atoms with Gasteiger partial charge in [-0.05, 0) is 26.0 Å². The van der Waals surface area contributed by atoms with E-state index in [0.29, 0.717) is 28.7 Å². The van der Waals surface area contributed by atoms with Crippen molar-refractivity contribution in [1.82, 2.24) is 10.3 Å². The molecule has 20 heavy (non-hydrogen) atoms. The molecule has 0 radical (unpaired) electrons. The highest BCUT2D eigenvalue weighted by Crippen LogP contribution is 2.25. The third-order valence-electron chi connectivity index (χ3n) is 2.86. The first-order valence-corrected chi connectivity index (χ1v) is 6.18. The van der Waals surface area contributed by atoms with Crippen molar-refractivity contribution in [2.24, 2.45) is 0 Å². The largest absolute Gasteiger partial charge is 0.496 e. The number of oxazole rings is 1. The van der Waals surface area contributed by atoms with Crippen molar-refractivity contribution < 1.29 is 13.9 Å². The lowest BCUT2D eigenvalue weighted by Crippen LogP contribution is -2.28. The van der Waals surface area contributed by atoms with E-state index in [-0.39, 0.29) is 11.9 Å². The van der Waals surface area contributed by atoms with Crippen molar-refractivity contribution in [3.8, 4) is 5.75 Å². The molecule has 0 bridgehead atoms. The maximum absolute atomic E-state index is 12.3. The Morgan fingerprint density at radius 3 is 2.85 bits per heavy atom. The Morgan fingerprint density at radius 1 is 1.50 bits per heavy atom. The van der Waals surface area contributed by atoms with Crippen molar-refractivity contribution >= 4 is 11.6 Å². The van der Waals surface area contributed by atoms with Gasteiger partial charge in [-0.2, -0.15) is 0 Å². The van der Waals surface area contributed by atoms with Crippen LogP contribution in [0.5, 0.6) is 5.75 Å². The molecule has 0 spiro atoms. The molecular weight excluding hydrogens is 258 g/mol. The van der Waals surface area contributed by atoms with E-state index in [1.165, 1.54) is 7.11 Å². The van der Waals surface area contributed by atoms with E-state index in [4.69, 9.17) is 14.9 Å². The number of nitrogen functional groups attached to an aromatic ring is 1. The molecule has 0 saturated carbocycles. The molecule has 1 unspecified atom stereocenters. The third kappa shape index (κ3) is 2.74. The molecule has 1 amide bonds. The standard InChI is InChI=1S/C14H17N3O3/c1-8-7-16-14(20-8)9(2)17-13(18)12-10(15)5-4-6-11(12)19-3/h4-7,9H,15H2,1-3H3,(H,17,18). The summed E-state index contributed by atoms with van der Waals surface area (Å²) >= 11 is 0. The Labute approximate surface area is 116 Å². The first-order chi connectivity index (χ1) is 9.52. The van der Waals surface area contributed by atoms with Gasteiger partial charge in [0.05, 0.1) is 13.3 Å². The van der Waals surface area contributed by atoms with Gasteiger partial charge in [-0.3, -0.25) is 4.79 Å². The normalized spacial score (nSPS) is 11.9. The minimum absolute atomic E-state index is 0.310. The van der Waals surface area contributed by atoms with Gasteiger partial charge in [-0.15, -0.1) is 0 Å². The van der Waals surface area contributed by atoms with Crippen molar-refractivity contribution in [2.75, 3.05) is 12.8 Å². The Balaban J connectivity index is 2.20. The second kappa shape index (κ2) is 5.64. The predicted octanol–water partition coefficient (Wildman–Crippen LogP) is 2.06. The Morgan fingerprint density at radius 2 is 2.25 bits per heavy atom. The van der Waals surface area contributed by atoms with Crippen molar-refractivity contribution in [3.05, 3.63) is 41.6 Å². The van der Waals surface area contributed by atoms with Gasteiger partial charge in [0.15, 0.2) is 0 Å². The average Bonchev–Trinajstić information content (AvgIpc) is 2.84. The molecule has 106 valence electrons. The molecule has 0 aliphatic carbocycles. The number of carbonyl (C=O) groups is 1. The number of methoxy groups -OCH3 is 1. The van der Waals surface area contributed by atoms with Crippen LogP contribution in [0, 0.1) is 6.92 Å². The van der Waals surface area contributed by atoms with Gasteiger partial charge in [0.25, 0.3) is 5.91 Å². The van der Waals surface area contributed by atoms with E-state index >= 15 is 0 Å². The fourth-order valence-corrected chi connectivity index (χ4v) is 1.86. The Hall–Kier alpha value is -2.50. The van der Waals surface area contributed by atoms with Gasteiger partial charge >= 0.3 is 0 Å². The van der Waals surface area contributed by atoms with Crippen LogP contribution in [0.2, 0.25) is 0 Å². The Kier molecular flexibility index (Phi) is 3.93. The summed E-state index contributed by atoms with van der Waals surface area (Å²) in [7, 11) is 1.49. The highest BCUT2D eigenvalue weighted by Gasteiger charge is 2.20. The quantitative estimate of drug-likeness (QED) is 0.833. The number of aryl methyl sites for hydroxylation is 1. The number of nitrogens with two attached hydrogens (primary N) is 1. The van der Waals surface area contributed by atoms with Gasteiger partial charge in [-0.25, -0.2) is 4.98 Å². The summed E-state index contributed by atoms with van der Waals surface area (Å²) in [5, 5.41) is 2.79. The molecule has 0 fully saturated rings. The number of nitrogens with zero attached hydrogens (tertiary/aromatic N) is 1. The van der Waals surface area contributed by atoms with E-state index in [0.717, 1.165) is 0 Å². The molecule has 1 aromatic heterocycles. The van der Waals surface area contributed by atoms with Crippen LogP contribution in [0.1, 0.15) is 35.0 Å². The summed E-state index contributed by atoms with van der Waals surface area (Å²) in [6.45, 7) is 3.58. The molecule has 1 heterocycles. The predicted molar refractivity (Wildman–Crippen MR) is 74.5 cm³/mol. The molecule has 0 saturated heterocycles. The monoisotopic (exact) mass is 275 g/mol. The second-order valence-electron chi connectivity index (χ2n) is 4.43. The van der Waals surface area contributed by atoms with Crippen LogP contribution < -0.4 is 15.8 Å². The van der Waals surface area contributed by atoms with Gasteiger partial charge in [-0.1, -0.05) is 6.07 Å². The highest BCUT2D eigenvalue weighted by molar-refractivity contribution is 6.02. The number of rotatable bonds is 4. The third-order valence-corrected chi connectivity index (χ3v) is 2.86. The molecule has 6 heteroatoms. The number of amides is 1. The summed E-state index contributed by atoms with van der Waals surface area (Å²) in [4.78, 5) is 16.4. The van der Waals surface area contributed by atoms with Crippen LogP contribution in [0.3, 0.4) is 0 Å². The number of aromatic nitrogens is 1. The van der Waals surface area contributed by atoms with Crippen molar-refractivity contribution in [2.45, 2.75) is 19.9 Å². The maximum atomic E-state index is 12.3. The lowest BCUT2D eigenvalue weighted by atomic mass is 10.1. The first-order valence-electron chi connectivity index (χ1n) is 6.18. The molecule has 1 aromatic carbocycles. The van der Waals surface area contributed by atoms with Crippen molar-refractivity contribution in [1.29, 1.82) is 0 Å². The topological polar surface area (TPSA) is 90.4 Å². The smallest absolute Gasteiger partial charge is 0.257 e. The number of carbonyl (C=O) groups excluding carboxylic acids is 1. The molecule has 2 aromatic rings. The van der Waals surface area contributed by atoms with Crippen LogP contribution in [0.4, 0.5) is 5.69 Å². The fourth-order valence-electron chi connectivity index (χ4n) is 1.86. The van der Waals surface area contributed by atoms with Crippen LogP contribution in [-0.4, -0.2) is 18.0 Å².